The van der Waals surface area contributed by atoms with Gasteiger partial charge >= 0.3 is 0 Å². The molecule has 0 amide bonds. The molecule has 1 N–H and O–H groups in total. The first-order valence-electron chi connectivity index (χ1n) is 7.17. The smallest absolute Gasteiger partial charge is 0.0388 e. The average molecular weight is 271 g/mol. The summed E-state index contributed by atoms with van der Waals surface area (Å²) in [5.74, 6) is 0.717. The molecule has 1 heterocycles. The molecule has 1 aromatic carbocycles. The third kappa shape index (κ3) is 2.90. The highest BCUT2D eigenvalue weighted by molar-refractivity contribution is 7.12. The molecule has 0 bridgehead atoms. The van der Waals surface area contributed by atoms with Gasteiger partial charge in [0, 0.05) is 27.8 Å². The van der Waals surface area contributed by atoms with Crippen LogP contribution in [0.3, 0.4) is 0 Å². The van der Waals surface area contributed by atoms with Crippen LogP contribution in [0.2, 0.25) is 0 Å². The van der Waals surface area contributed by atoms with Gasteiger partial charge in [0.15, 0.2) is 0 Å². The molecule has 0 spiro atoms. The van der Waals surface area contributed by atoms with Crippen molar-refractivity contribution in [2.75, 3.05) is 0 Å². The molecular weight excluding hydrogens is 250 g/mol. The molecule has 1 aliphatic rings. The summed E-state index contributed by atoms with van der Waals surface area (Å²) in [6.45, 7) is 4.51. The third-order valence-corrected chi connectivity index (χ3v) is 5.35. The van der Waals surface area contributed by atoms with E-state index in [4.69, 9.17) is 0 Å². The fourth-order valence-electron chi connectivity index (χ4n) is 2.67. The van der Waals surface area contributed by atoms with Gasteiger partial charge in [-0.15, -0.1) is 11.3 Å². The van der Waals surface area contributed by atoms with Gasteiger partial charge in [-0.2, -0.15) is 0 Å². The summed E-state index contributed by atoms with van der Waals surface area (Å²) >= 11 is 1.95. The van der Waals surface area contributed by atoms with E-state index in [9.17, 15) is 0 Å². The van der Waals surface area contributed by atoms with E-state index in [0.717, 1.165) is 6.42 Å². The van der Waals surface area contributed by atoms with Gasteiger partial charge in [0.25, 0.3) is 0 Å². The topological polar surface area (TPSA) is 12.0 Å². The maximum absolute atomic E-state index is 3.77. The van der Waals surface area contributed by atoms with Crippen LogP contribution in [0, 0.1) is 0 Å². The van der Waals surface area contributed by atoms with Crippen LogP contribution in [0.25, 0.3) is 0 Å². The lowest BCUT2D eigenvalue weighted by Crippen LogP contribution is -2.21. The zero-order valence-electron chi connectivity index (χ0n) is 11.6. The van der Waals surface area contributed by atoms with E-state index in [-0.39, 0.29) is 0 Å². The van der Waals surface area contributed by atoms with E-state index in [2.05, 4.69) is 61.6 Å². The molecule has 100 valence electrons. The van der Waals surface area contributed by atoms with Crippen molar-refractivity contribution < 1.29 is 0 Å². The van der Waals surface area contributed by atoms with Crippen molar-refractivity contribution >= 4 is 11.3 Å². The SMILES string of the molecule is CCc1ccc(C(C)NC2CC2c2ccccc2)s1. The Morgan fingerprint density at radius 1 is 1.21 bits per heavy atom. The minimum Gasteiger partial charge on any atom is -0.306 e. The molecule has 0 radical (unpaired) electrons. The van der Waals surface area contributed by atoms with E-state index < -0.39 is 0 Å². The Morgan fingerprint density at radius 3 is 2.68 bits per heavy atom. The van der Waals surface area contributed by atoms with Crippen LogP contribution in [0.4, 0.5) is 0 Å². The van der Waals surface area contributed by atoms with Crippen LogP contribution in [0.1, 0.15) is 47.5 Å². The van der Waals surface area contributed by atoms with Gasteiger partial charge in [0.2, 0.25) is 0 Å². The molecule has 1 aromatic heterocycles. The van der Waals surface area contributed by atoms with E-state index in [1.54, 1.807) is 0 Å². The fraction of sp³-hybridized carbons (Fsp3) is 0.412. The van der Waals surface area contributed by atoms with E-state index in [1.165, 1.54) is 21.7 Å². The van der Waals surface area contributed by atoms with Crippen molar-refractivity contribution in [2.24, 2.45) is 0 Å². The normalized spacial score (nSPS) is 23.3. The molecule has 1 nitrogen and oxygen atoms in total. The van der Waals surface area contributed by atoms with E-state index >= 15 is 0 Å². The molecule has 2 aromatic rings. The van der Waals surface area contributed by atoms with Crippen molar-refractivity contribution in [3.63, 3.8) is 0 Å². The summed E-state index contributed by atoms with van der Waals surface area (Å²) in [5.41, 5.74) is 1.48. The monoisotopic (exact) mass is 271 g/mol. The number of aryl methyl sites for hydroxylation is 1. The van der Waals surface area contributed by atoms with Crippen molar-refractivity contribution in [3.8, 4) is 0 Å². The summed E-state index contributed by atoms with van der Waals surface area (Å²) in [7, 11) is 0. The molecule has 3 rings (SSSR count). The highest BCUT2D eigenvalue weighted by Crippen LogP contribution is 2.42. The Bertz CT molecular complexity index is 531. The third-order valence-electron chi connectivity index (χ3n) is 3.94. The van der Waals surface area contributed by atoms with Gasteiger partial charge in [0.1, 0.15) is 0 Å². The Labute approximate surface area is 119 Å². The van der Waals surface area contributed by atoms with Crippen LogP contribution < -0.4 is 5.32 Å². The molecule has 3 atom stereocenters. The lowest BCUT2D eigenvalue weighted by molar-refractivity contribution is 0.570. The first-order valence-corrected chi connectivity index (χ1v) is 7.99. The second-order valence-corrected chi connectivity index (χ2v) is 6.61. The van der Waals surface area contributed by atoms with Crippen molar-refractivity contribution in [3.05, 3.63) is 57.8 Å². The maximum atomic E-state index is 3.77. The molecule has 1 saturated carbocycles. The molecular formula is C17H21NS. The minimum atomic E-state index is 0.476. The predicted octanol–water partition coefficient (Wildman–Crippen LogP) is 4.52. The Morgan fingerprint density at radius 2 is 2.00 bits per heavy atom. The quantitative estimate of drug-likeness (QED) is 0.843. The molecule has 0 saturated heterocycles. The zero-order chi connectivity index (χ0) is 13.2. The lowest BCUT2D eigenvalue weighted by Gasteiger charge is -2.12. The van der Waals surface area contributed by atoms with Gasteiger partial charge in [-0.1, -0.05) is 37.3 Å². The van der Waals surface area contributed by atoms with Gasteiger partial charge in [0.05, 0.1) is 0 Å². The van der Waals surface area contributed by atoms with Gasteiger partial charge in [-0.25, -0.2) is 0 Å². The number of rotatable bonds is 5. The van der Waals surface area contributed by atoms with Crippen molar-refractivity contribution in [1.29, 1.82) is 0 Å². The molecule has 19 heavy (non-hydrogen) atoms. The maximum Gasteiger partial charge on any atom is 0.0388 e. The second-order valence-electron chi connectivity index (χ2n) is 5.41. The Kier molecular flexibility index (Phi) is 3.72. The number of nitrogens with one attached hydrogen (secondary N) is 1. The van der Waals surface area contributed by atoms with Crippen LogP contribution in [0.5, 0.6) is 0 Å². The molecule has 1 fully saturated rings. The summed E-state index contributed by atoms with van der Waals surface area (Å²) in [6.07, 6.45) is 2.42. The molecule has 2 heteroatoms. The largest absolute Gasteiger partial charge is 0.306 e. The second kappa shape index (κ2) is 5.48. The number of thiophene rings is 1. The Balaban J connectivity index is 1.58. The van der Waals surface area contributed by atoms with E-state index in [0.29, 0.717) is 18.0 Å². The summed E-state index contributed by atoms with van der Waals surface area (Å²) in [6, 6.07) is 16.5. The van der Waals surface area contributed by atoms with Crippen LogP contribution >= 0.6 is 11.3 Å². The van der Waals surface area contributed by atoms with Crippen molar-refractivity contribution in [1.82, 2.24) is 5.32 Å². The van der Waals surface area contributed by atoms with Crippen LogP contribution in [-0.4, -0.2) is 6.04 Å². The number of hydrogen-bond acceptors (Lipinski definition) is 2. The van der Waals surface area contributed by atoms with Gasteiger partial charge in [-0.3, -0.25) is 0 Å². The van der Waals surface area contributed by atoms with Gasteiger partial charge in [-0.05, 0) is 37.5 Å². The van der Waals surface area contributed by atoms with Crippen LogP contribution in [0.15, 0.2) is 42.5 Å². The molecule has 0 aliphatic heterocycles. The highest BCUT2D eigenvalue weighted by Gasteiger charge is 2.38. The first kappa shape index (κ1) is 12.9. The number of hydrogen-bond donors (Lipinski definition) is 1. The fourth-order valence-corrected chi connectivity index (χ4v) is 3.63. The number of benzene rings is 1. The van der Waals surface area contributed by atoms with Gasteiger partial charge < -0.3 is 5.32 Å². The predicted molar refractivity (Wildman–Crippen MR) is 82.8 cm³/mol. The lowest BCUT2D eigenvalue weighted by atomic mass is 10.1. The zero-order valence-corrected chi connectivity index (χ0v) is 12.4. The summed E-state index contributed by atoms with van der Waals surface area (Å²) < 4.78 is 0. The van der Waals surface area contributed by atoms with E-state index in [1.807, 2.05) is 11.3 Å². The minimum absolute atomic E-state index is 0.476. The standard InChI is InChI=1S/C17H21NS/c1-3-14-9-10-17(19-14)12(2)18-16-11-15(16)13-7-5-4-6-8-13/h4-10,12,15-16,18H,3,11H2,1-2H3. The molecule has 3 unspecified atom stereocenters. The molecule has 1 aliphatic carbocycles. The Hall–Kier alpha value is -1.12. The average Bonchev–Trinajstić information content (AvgIpc) is 3.04. The summed E-state index contributed by atoms with van der Waals surface area (Å²) in [4.78, 5) is 2.95. The highest BCUT2D eigenvalue weighted by atomic mass is 32.1. The van der Waals surface area contributed by atoms with Crippen molar-refractivity contribution in [2.45, 2.75) is 44.7 Å². The summed E-state index contributed by atoms with van der Waals surface area (Å²) in [5, 5.41) is 3.77. The first-order chi connectivity index (χ1) is 9.28. The van der Waals surface area contributed by atoms with Crippen LogP contribution in [-0.2, 0) is 6.42 Å².